The number of carbonyl (C=O) groups excluding carboxylic acids is 2. The van der Waals surface area contributed by atoms with Crippen LogP contribution in [-0.4, -0.2) is 56.8 Å². The van der Waals surface area contributed by atoms with Crippen molar-refractivity contribution in [1.29, 1.82) is 5.41 Å². The average Bonchev–Trinajstić information content (AvgIpc) is 3.53. The summed E-state index contributed by atoms with van der Waals surface area (Å²) in [6, 6.07) is 14.5. The standard InChI is InChI=1S/C32H39N7O3/c1-18(2)22-7-6-8-23(15-22)37-30(40)21-11-9-20(10-12-21)27(33)26-28(34)35-17-36-29(26)38-24-13-19-14-25(24)39(16-19)31(41)42-32(3,4)5/h6-12,15,17-19,24-25,33H,13-14,16H2,1-5H3,(H,37,40)(H3,34,35,36,38). The normalized spacial score (nSPS) is 19.6. The maximum atomic E-state index is 12.9. The van der Waals surface area contributed by atoms with Crippen LogP contribution < -0.4 is 16.4 Å². The molecule has 220 valence electrons. The summed E-state index contributed by atoms with van der Waals surface area (Å²) in [6.45, 7) is 10.5. The van der Waals surface area contributed by atoms with Gasteiger partial charge in [0, 0.05) is 29.4 Å². The van der Waals surface area contributed by atoms with Crippen LogP contribution >= 0.6 is 0 Å². The van der Waals surface area contributed by atoms with E-state index in [1.165, 1.54) is 6.33 Å². The number of hydrogen-bond acceptors (Lipinski definition) is 8. The lowest BCUT2D eigenvalue weighted by Gasteiger charge is -2.35. The van der Waals surface area contributed by atoms with E-state index in [2.05, 4.69) is 34.4 Å². The number of nitrogens with zero attached hydrogens (tertiary/aromatic N) is 3. The highest BCUT2D eigenvalue weighted by atomic mass is 16.6. The van der Waals surface area contributed by atoms with E-state index in [0.29, 0.717) is 40.9 Å². The number of nitrogen functional groups attached to an aromatic ring is 1. The van der Waals surface area contributed by atoms with Gasteiger partial charge in [-0.05, 0) is 75.3 Å². The number of nitrogens with one attached hydrogen (secondary N) is 3. The summed E-state index contributed by atoms with van der Waals surface area (Å²) < 4.78 is 5.64. The van der Waals surface area contributed by atoms with Gasteiger partial charge in [-0.15, -0.1) is 0 Å². The third-order valence-electron chi connectivity index (χ3n) is 7.81. The molecule has 1 saturated carbocycles. The van der Waals surface area contributed by atoms with Gasteiger partial charge in [0.15, 0.2) is 0 Å². The first-order chi connectivity index (χ1) is 19.9. The van der Waals surface area contributed by atoms with Crippen molar-refractivity contribution < 1.29 is 14.3 Å². The van der Waals surface area contributed by atoms with E-state index >= 15 is 0 Å². The molecule has 2 amide bonds. The molecule has 5 rings (SSSR count). The Bertz CT molecular complexity index is 1500. The molecule has 2 aromatic carbocycles. The van der Waals surface area contributed by atoms with Crippen molar-refractivity contribution in [3.05, 3.63) is 77.1 Å². The predicted molar refractivity (Wildman–Crippen MR) is 164 cm³/mol. The Morgan fingerprint density at radius 3 is 2.45 bits per heavy atom. The number of aromatic nitrogens is 2. The van der Waals surface area contributed by atoms with Crippen LogP contribution in [0.15, 0.2) is 54.9 Å². The average molecular weight is 570 g/mol. The molecule has 0 spiro atoms. The molecule has 0 radical (unpaired) electrons. The number of likely N-dealkylation sites (tertiary alicyclic amines) is 1. The minimum atomic E-state index is -0.569. The van der Waals surface area contributed by atoms with E-state index in [9.17, 15) is 9.59 Å². The number of piperidine rings is 1. The fourth-order valence-corrected chi connectivity index (χ4v) is 5.75. The van der Waals surface area contributed by atoms with Crippen molar-refractivity contribution in [2.45, 2.75) is 71.1 Å². The Balaban J connectivity index is 1.30. The molecule has 3 atom stereocenters. The van der Waals surface area contributed by atoms with Crippen molar-refractivity contribution in [1.82, 2.24) is 14.9 Å². The van der Waals surface area contributed by atoms with E-state index in [1.807, 2.05) is 45.0 Å². The van der Waals surface area contributed by atoms with E-state index < -0.39 is 5.60 Å². The minimum absolute atomic E-state index is 0.0397. The molecule has 2 heterocycles. The van der Waals surface area contributed by atoms with Crippen LogP contribution in [0.2, 0.25) is 0 Å². The van der Waals surface area contributed by atoms with Crippen LogP contribution in [0.5, 0.6) is 0 Å². The molecule has 42 heavy (non-hydrogen) atoms. The molecule has 10 nitrogen and oxygen atoms in total. The maximum absolute atomic E-state index is 12.9. The lowest BCUT2D eigenvalue weighted by molar-refractivity contribution is 0.0179. The lowest BCUT2D eigenvalue weighted by atomic mass is 10.0. The third-order valence-corrected chi connectivity index (χ3v) is 7.81. The Morgan fingerprint density at radius 2 is 1.79 bits per heavy atom. The van der Waals surface area contributed by atoms with Crippen LogP contribution in [0.4, 0.5) is 22.1 Å². The third kappa shape index (κ3) is 6.22. The predicted octanol–water partition coefficient (Wildman–Crippen LogP) is 5.66. The van der Waals surface area contributed by atoms with E-state index in [-0.39, 0.29) is 35.6 Å². The first kappa shape index (κ1) is 29.0. The number of ether oxygens (including phenoxy) is 1. The van der Waals surface area contributed by atoms with Gasteiger partial charge in [-0.25, -0.2) is 14.8 Å². The van der Waals surface area contributed by atoms with Gasteiger partial charge in [-0.2, -0.15) is 0 Å². The summed E-state index contributed by atoms with van der Waals surface area (Å²) >= 11 is 0. The van der Waals surface area contributed by atoms with Crippen LogP contribution in [0.25, 0.3) is 0 Å². The van der Waals surface area contributed by atoms with Gasteiger partial charge in [0.2, 0.25) is 0 Å². The van der Waals surface area contributed by atoms with Gasteiger partial charge in [0.05, 0.1) is 17.3 Å². The van der Waals surface area contributed by atoms with Crippen LogP contribution in [-0.2, 0) is 4.74 Å². The Labute approximate surface area is 246 Å². The molecule has 3 aromatic rings. The molecule has 5 N–H and O–H groups in total. The molecule has 1 aliphatic heterocycles. The number of anilines is 3. The molecule has 2 fully saturated rings. The van der Waals surface area contributed by atoms with Crippen molar-refractivity contribution in [3.8, 4) is 0 Å². The zero-order valence-corrected chi connectivity index (χ0v) is 24.8. The summed E-state index contributed by atoms with van der Waals surface area (Å²) in [7, 11) is 0. The fourth-order valence-electron chi connectivity index (χ4n) is 5.75. The number of nitrogens with two attached hydrogens (primary N) is 1. The molecule has 10 heteroatoms. The second-order valence-corrected chi connectivity index (χ2v) is 12.5. The monoisotopic (exact) mass is 569 g/mol. The fraction of sp³-hybridized carbons (Fsp3) is 0.406. The summed E-state index contributed by atoms with van der Waals surface area (Å²) in [5.74, 6) is 1.12. The Kier molecular flexibility index (Phi) is 7.90. The van der Waals surface area contributed by atoms with E-state index in [1.54, 1.807) is 29.2 Å². The highest BCUT2D eigenvalue weighted by Crippen LogP contribution is 2.40. The Morgan fingerprint density at radius 1 is 1.07 bits per heavy atom. The van der Waals surface area contributed by atoms with Gasteiger partial charge < -0.3 is 26.0 Å². The van der Waals surface area contributed by atoms with Crippen molar-refractivity contribution >= 4 is 35.0 Å². The number of hydrogen-bond donors (Lipinski definition) is 4. The van der Waals surface area contributed by atoms with E-state index in [4.69, 9.17) is 15.9 Å². The molecule has 2 aliphatic rings. The first-order valence-corrected chi connectivity index (χ1v) is 14.4. The number of fused-ring (bicyclic) bond motifs is 2. The number of carbonyl (C=O) groups is 2. The van der Waals surface area contributed by atoms with Crippen LogP contribution in [0.3, 0.4) is 0 Å². The van der Waals surface area contributed by atoms with Gasteiger partial charge in [-0.1, -0.05) is 38.1 Å². The SMILES string of the molecule is CC(C)c1cccc(NC(=O)c2ccc(C(=N)c3c(N)ncnc3NC3CC4CC3N(C(=O)OC(C)(C)C)C4)cc2)c1. The van der Waals surface area contributed by atoms with Crippen LogP contribution in [0, 0.1) is 11.3 Å². The van der Waals surface area contributed by atoms with Gasteiger partial charge in [0.25, 0.3) is 5.91 Å². The zero-order valence-electron chi connectivity index (χ0n) is 24.8. The highest BCUT2D eigenvalue weighted by Gasteiger charge is 2.48. The minimum Gasteiger partial charge on any atom is -0.444 e. The Hall–Kier alpha value is -4.47. The zero-order chi connectivity index (χ0) is 30.2. The van der Waals surface area contributed by atoms with Gasteiger partial charge >= 0.3 is 6.09 Å². The van der Waals surface area contributed by atoms with E-state index in [0.717, 1.165) is 24.1 Å². The molecule has 1 saturated heterocycles. The molecule has 1 aromatic heterocycles. The molecule has 3 unspecified atom stereocenters. The van der Waals surface area contributed by atoms with Crippen LogP contribution in [0.1, 0.15) is 80.4 Å². The number of rotatable bonds is 7. The lowest BCUT2D eigenvalue weighted by Crippen LogP contribution is -2.49. The van der Waals surface area contributed by atoms with Crippen molar-refractivity contribution in [2.24, 2.45) is 5.92 Å². The summed E-state index contributed by atoms with van der Waals surface area (Å²) in [4.78, 5) is 36.1. The molecule has 2 bridgehead atoms. The molecule has 1 aliphatic carbocycles. The second-order valence-electron chi connectivity index (χ2n) is 12.5. The maximum Gasteiger partial charge on any atom is 0.410 e. The quantitative estimate of drug-likeness (QED) is 0.269. The summed E-state index contributed by atoms with van der Waals surface area (Å²) in [5, 5.41) is 15.4. The smallest absolute Gasteiger partial charge is 0.410 e. The van der Waals surface area contributed by atoms with Crippen molar-refractivity contribution in [3.63, 3.8) is 0 Å². The second kappa shape index (κ2) is 11.4. The number of benzene rings is 2. The molecular formula is C32H39N7O3. The summed E-state index contributed by atoms with van der Waals surface area (Å²) in [6.07, 6.45) is 2.82. The highest BCUT2D eigenvalue weighted by molar-refractivity contribution is 6.16. The first-order valence-electron chi connectivity index (χ1n) is 14.4. The summed E-state index contributed by atoms with van der Waals surface area (Å²) in [5.41, 5.74) is 9.15. The van der Waals surface area contributed by atoms with Gasteiger partial charge in [0.1, 0.15) is 23.6 Å². The van der Waals surface area contributed by atoms with Crippen molar-refractivity contribution in [2.75, 3.05) is 22.9 Å². The molecular weight excluding hydrogens is 530 g/mol. The number of amides is 2. The topological polar surface area (TPSA) is 146 Å². The van der Waals surface area contributed by atoms with Gasteiger partial charge in [-0.3, -0.25) is 10.2 Å². The largest absolute Gasteiger partial charge is 0.444 e.